The standard InChI is InChI=1S/C9H11N5/c1-6-3-9(12-5-11-6)14-7(2)8(10)4-13-14/h3-5H,10H2,1-2H3. The van der Waals surface area contributed by atoms with Crippen molar-refractivity contribution in [2.24, 2.45) is 0 Å². The number of nitrogens with zero attached hydrogens (tertiary/aromatic N) is 4. The molecule has 0 aromatic carbocycles. The molecule has 0 aliphatic carbocycles. The van der Waals surface area contributed by atoms with Crippen molar-refractivity contribution >= 4 is 5.69 Å². The van der Waals surface area contributed by atoms with E-state index >= 15 is 0 Å². The van der Waals surface area contributed by atoms with Gasteiger partial charge in [0.1, 0.15) is 6.33 Å². The van der Waals surface area contributed by atoms with Gasteiger partial charge in [0.05, 0.1) is 17.6 Å². The lowest BCUT2D eigenvalue weighted by molar-refractivity contribution is 0.808. The highest BCUT2D eigenvalue weighted by Crippen LogP contribution is 2.13. The first kappa shape index (κ1) is 8.68. The molecule has 0 radical (unpaired) electrons. The molecule has 0 saturated carbocycles. The van der Waals surface area contributed by atoms with E-state index in [1.54, 1.807) is 10.9 Å². The van der Waals surface area contributed by atoms with E-state index in [1.807, 2.05) is 19.9 Å². The summed E-state index contributed by atoms with van der Waals surface area (Å²) < 4.78 is 1.70. The predicted molar refractivity (Wildman–Crippen MR) is 53.0 cm³/mol. The van der Waals surface area contributed by atoms with Crippen LogP contribution < -0.4 is 5.73 Å². The second-order valence-corrected chi connectivity index (χ2v) is 3.11. The van der Waals surface area contributed by atoms with Gasteiger partial charge in [-0.1, -0.05) is 0 Å². The van der Waals surface area contributed by atoms with Crippen molar-refractivity contribution in [1.82, 2.24) is 19.7 Å². The van der Waals surface area contributed by atoms with E-state index in [-0.39, 0.29) is 0 Å². The average Bonchev–Trinajstić information content (AvgIpc) is 2.48. The molecule has 2 aromatic heterocycles. The molecule has 0 atom stereocenters. The number of hydrogen-bond acceptors (Lipinski definition) is 4. The molecule has 0 saturated heterocycles. The third kappa shape index (κ3) is 1.32. The first-order valence-corrected chi connectivity index (χ1v) is 4.27. The molecule has 2 heterocycles. The normalized spacial score (nSPS) is 10.4. The van der Waals surface area contributed by atoms with Crippen LogP contribution in [0.15, 0.2) is 18.6 Å². The molecule has 0 fully saturated rings. The minimum Gasteiger partial charge on any atom is -0.396 e. The van der Waals surface area contributed by atoms with Crippen LogP contribution in [-0.2, 0) is 0 Å². The van der Waals surface area contributed by atoms with Crippen molar-refractivity contribution in [2.75, 3.05) is 5.73 Å². The molecular formula is C9H11N5. The Bertz CT molecular complexity index is 460. The number of aryl methyl sites for hydroxylation is 1. The highest BCUT2D eigenvalue weighted by Gasteiger charge is 2.05. The molecule has 2 N–H and O–H groups in total. The van der Waals surface area contributed by atoms with E-state index in [4.69, 9.17) is 5.73 Å². The molecule has 0 aliphatic heterocycles. The lowest BCUT2D eigenvalue weighted by Gasteiger charge is -2.03. The molecule has 0 spiro atoms. The van der Waals surface area contributed by atoms with Gasteiger partial charge in [0.25, 0.3) is 0 Å². The number of nitrogens with two attached hydrogens (primary N) is 1. The van der Waals surface area contributed by atoms with E-state index in [9.17, 15) is 0 Å². The maximum atomic E-state index is 5.69. The van der Waals surface area contributed by atoms with Crippen molar-refractivity contribution in [3.8, 4) is 5.82 Å². The third-order valence-electron chi connectivity index (χ3n) is 2.05. The molecule has 72 valence electrons. The third-order valence-corrected chi connectivity index (χ3v) is 2.05. The monoisotopic (exact) mass is 189 g/mol. The summed E-state index contributed by atoms with van der Waals surface area (Å²) in [6.45, 7) is 3.81. The van der Waals surface area contributed by atoms with E-state index < -0.39 is 0 Å². The van der Waals surface area contributed by atoms with Gasteiger partial charge >= 0.3 is 0 Å². The van der Waals surface area contributed by atoms with Crippen LogP contribution in [-0.4, -0.2) is 19.7 Å². The minimum atomic E-state index is 0.668. The van der Waals surface area contributed by atoms with E-state index in [0.717, 1.165) is 17.2 Å². The fourth-order valence-corrected chi connectivity index (χ4v) is 1.21. The zero-order chi connectivity index (χ0) is 10.1. The van der Waals surface area contributed by atoms with Gasteiger partial charge in [0.2, 0.25) is 0 Å². The quantitative estimate of drug-likeness (QED) is 0.722. The fourth-order valence-electron chi connectivity index (χ4n) is 1.21. The van der Waals surface area contributed by atoms with Gasteiger partial charge in [0, 0.05) is 11.8 Å². The lowest BCUT2D eigenvalue weighted by atomic mass is 10.4. The zero-order valence-corrected chi connectivity index (χ0v) is 8.10. The number of anilines is 1. The summed E-state index contributed by atoms with van der Waals surface area (Å²) in [5, 5.41) is 4.13. The second kappa shape index (κ2) is 3.10. The van der Waals surface area contributed by atoms with E-state index in [1.165, 1.54) is 6.33 Å². The first-order valence-electron chi connectivity index (χ1n) is 4.27. The zero-order valence-electron chi connectivity index (χ0n) is 8.10. The highest BCUT2D eigenvalue weighted by atomic mass is 15.3. The van der Waals surface area contributed by atoms with Crippen LogP contribution in [0.1, 0.15) is 11.4 Å². The summed E-state index contributed by atoms with van der Waals surface area (Å²) in [5.74, 6) is 0.742. The Kier molecular flexibility index (Phi) is 1.92. The molecule has 0 amide bonds. The summed E-state index contributed by atoms with van der Waals surface area (Å²) in [6, 6.07) is 1.86. The summed E-state index contributed by atoms with van der Waals surface area (Å²) in [5.41, 5.74) is 8.15. The van der Waals surface area contributed by atoms with Gasteiger partial charge in [-0.3, -0.25) is 0 Å². The van der Waals surface area contributed by atoms with Crippen LogP contribution in [0, 0.1) is 13.8 Å². The smallest absolute Gasteiger partial charge is 0.157 e. The Hall–Kier alpha value is -1.91. The highest BCUT2D eigenvalue weighted by molar-refractivity contribution is 5.43. The maximum absolute atomic E-state index is 5.69. The second-order valence-electron chi connectivity index (χ2n) is 3.11. The number of aromatic nitrogens is 4. The minimum absolute atomic E-state index is 0.668. The van der Waals surface area contributed by atoms with Gasteiger partial charge < -0.3 is 5.73 Å². The predicted octanol–water partition coefficient (Wildman–Crippen LogP) is 0.861. The van der Waals surface area contributed by atoms with E-state index in [0.29, 0.717) is 5.69 Å². The van der Waals surface area contributed by atoms with Gasteiger partial charge in [-0.25, -0.2) is 14.6 Å². The van der Waals surface area contributed by atoms with Gasteiger partial charge in [0.15, 0.2) is 5.82 Å². The van der Waals surface area contributed by atoms with E-state index in [2.05, 4.69) is 15.1 Å². The molecule has 2 rings (SSSR count). The molecule has 5 nitrogen and oxygen atoms in total. The van der Waals surface area contributed by atoms with Crippen LogP contribution in [0.25, 0.3) is 5.82 Å². The molecule has 14 heavy (non-hydrogen) atoms. The number of rotatable bonds is 1. The maximum Gasteiger partial charge on any atom is 0.157 e. The van der Waals surface area contributed by atoms with Gasteiger partial charge in [-0.2, -0.15) is 5.10 Å². The molecular weight excluding hydrogens is 178 g/mol. The average molecular weight is 189 g/mol. The van der Waals surface area contributed by atoms with Crippen molar-refractivity contribution in [3.63, 3.8) is 0 Å². The van der Waals surface area contributed by atoms with Crippen LogP contribution in [0.5, 0.6) is 0 Å². The van der Waals surface area contributed by atoms with Crippen molar-refractivity contribution in [3.05, 3.63) is 30.0 Å². The summed E-state index contributed by atoms with van der Waals surface area (Å²) in [4.78, 5) is 8.14. The number of hydrogen-bond donors (Lipinski definition) is 1. The molecule has 5 heteroatoms. The Balaban J connectivity index is 2.55. The fraction of sp³-hybridized carbons (Fsp3) is 0.222. The van der Waals surface area contributed by atoms with Gasteiger partial charge in [-0.05, 0) is 13.8 Å². The van der Waals surface area contributed by atoms with Crippen molar-refractivity contribution in [1.29, 1.82) is 0 Å². The topological polar surface area (TPSA) is 69.6 Å². The Morgan fingerprint density at radius 3 is 2.64 bits per heavy atom. The number of nitrogen functional groups attached to an aromatic ring is 1. The first-order chi connectivity index (χ1) is 6.68. The van der Waals surface area contributed by atoms with Crippen LogP contribution in [0.2, 0.25) is 0 Å². The Labute approximate surface area is 81.6 Å². The largest absolute Gasteiger partial charge is 0.396 e. The van der Waals surface area contributed by atoms with Crippen molar-refractivity contribution in [2.45, 2.75) is 13.8 Å². The SMILES string of the molecule is Cc1cc(-n2ncc(N)c2C)ncn1. The van der Waals surface area contributed by atoms with Crippen LogP contribution in [0.4, 0.5) is 5.69 Å². The van der Waals surface area contributed by atoms with Crippen LogP contribution >= 0.6 is 0 Å². The van der Waals surface area contributed by atoms with Crippen LogP contribution in [0.3, 0.4) is 0 Å². The summed E-state index contributed by atoms with van der Waals surface area (Å²) in [7, 11) is 0. The lowest BCUT2D eigenvalue weighted by Crippen LogP contribution is -2.03. The molecule has 2 aromatic rings. The molecule has 0 bridgehead atoms. The van der Waals surface area contributed by atoms with Gasteiger partial charge in [-0.15, -0.1) is 0 Å². The Morgan fingerprint density at radius 1 is 1.29 bits per heavy atom. The Morgan fingerprint density at radius 2 is 2.07 bits per heavy atom. The van der Waals surface area contributed by atoms with Crippen molar-refractivity contribution < 1.29 is 0 Å². The summed E-state index contributed by atoms with van der Waals surface area (Å²) in [6.07, 6.45) is 3.13. The molecule has 0 aliphatic rings. The molecule has 0 unspecified atom stereocenters. The summed E-state index contributed by atoms with van der Waals surface area (Å²) >= 11 is 0.